The SMILES string of the molecule is CNC(C)Cc1noc(-c2ccccc2OCCOc2ccccc2)n1.Cl. The van der Waals surface area contributed by atoms with E-state index in [1.165, 1.54) is 0 Å². The molecule has 0 amide bonds. The molecule has 1 heterocycles. The molecule has 0 bridgehead atoms. The number of likely N-dealkylation sites (N-methyl/N-ethyl adjacent to an activating group) is 1. The standard InChI is InChI=1S/C20H23N3O3.ClH/c1-15(21-2)14-19-22-20(26-23-19)17-10-6-7-11-18(17)25-13-12-24-16-8-4-3-5-9-16;/h3-11,15,21H,12-14H2,1-2H3;1H. The van der Waals surface area contributed by atoms with Gasteiger partial charge in [-0.05, 0) is 38.2 Å². The first-order chi connectivity index (χ1) is 12.8. The van der Waals surface area contributed by atoms with Gasteiger partial charge in [-0.15, -0.1) is 12.4 Å². The highest BCUT2D eigenvalue weighted by molar-refractivity contribution is 5.85. The van der Waals surface area contributed by atoms with E-state index in [1.807, 2.05) is 61.6 Å². The second-order valence-corrected chi connectivity index (χ2v) is 5.92. The number of halogens is 1. The fraction of sp³-hybridized carbons (Fsp3) is 0.300. The van der Waals surface area contributed by atoms with Crippen LogP contribution in [-0.2, 0) is 6.42 Å². The first kappa shape index (κ1) is 20.7. The number of hydrogen-bond donors (Lipinski definition) is 1. The van der Waals surface area contributed by atoms with Crippen molar-refractivity contribution in [3.05, 3.63) is 60.4 Å². The maximum absolute atomic E-state index is 5.86. The van der Waals surface area contributed by atoms with Crippen LogP contribution in [0.3, 0.4) is 0 Å². The van der Waals surface area contributed by atoms with Crippen LogP contribution in [0.4, 0.5) is 0 Å². The molecule has 0 fully saturated rings. The number of aromatic nitrogens is 2. The van der Waals surface area contributed by atoms with Crippen LogP contribution >= 0.6 is 12.4 Å². The van der Waals surface area contributed by atoms with Gasteiger partial charge >= 0.3 is 0 Å². The molecule has 0 aliphatic carbocycles. The third-order valence-electron chi connectivity index (χ3n) is 3.92. The Morgan fingerprint density at radius 2 is 1.70 bits per heavy atom. The van der Waals surface area contributed by atoms with Gasteiger partial charge in [0.2, 0.25) is 0 Å². The molecule has 0 saturated carbocycles. The summed E-state index contributed by atoms with van der Waals surface area (Å²) >= 11 is 0. The zero-order valence-electron chi connectivity index (χ0n) is 15.4. The molecule has 0 aliphatic heterocycles. The van der Waals surface area contributed by atoms with Crippen molar-refractivity contribution >= 4 is 12.4 Å². The summed E-state index contributed by atoms with van der Waals surface area (Å²) in [5.41, 5.74) is 0.781. The predicted molar refractivity (Wildman–Crippen MR) is 107 cm³/mol. The van der Waals surface area contributed by atoms with E-state index in [0.717, 1.165) is 11.3 Å². The second kappa shape index (κ2) is 10.5. The summed E-state index contributed by atoms with van der Waals surface area (Å²) in [7, 11) is 1.91. The molecule has 1 unspecified atom stereocenters. The first-order valence-corrected chi connectivity index (χ1v) is 8.66. The summed E-state index contributed by atoms with van der Waals surface area (Å²) in [6.07, 6.45) is 0.702. The van der Waals surface area contributed by atoms with Gasteiger partial charge in [-0.25, -0.2) is 0 Å². The maximum atomic E-state index is 5.86. The van der Waals surface area contributed by atoms with Crippen molar-refractivity contribution in [1.29, 1.82) is 0 Å². The summed E-state index contributed by atoms with van der Waals surface area (Å²) in [6.45, 7) is 2.94. The average Bonchev–Trinajstić information content (AvgIpc) is 3.14. The number of nitrogens with one attached hydrogen (secondary N) is 1. The Morgan fingerprint density at radius 1 is 1.00 bits per heavy atom. The number of ether oxygens (including phenoxy) is 2. The van der Waals surface area contributed by atoms with E-state index in [9.17, 15) is 0 Å². The van der Waals surface area contributed by atoms with E-state index in [-0.39, 0.29) is 18.4 Å². The van der Waals surface area contributed by atoms with E-state index in [1.54, 1.807) is 0 Å². The molecule has 3 rings (SSSR count). The summed E-state index contributed by atoms with van der Waals surface area (Å²) in [5.74, 6) is 2.65. The fourth-order valence-corrected chi connectivity index (χ4v) is 2.42. The molecule has 6 nitrogen and oxygen atoms in total. The van der Waals surface area contributed by atoms with Crippen LogP contribution < -0.4 is 14.8 Å². The smallest absolute Gasteiger partial charge is 0.261 e. The molecule has 0 spiro atoms. The van der Waals surface area contributed by atoms with Crippen LogP contribution in [0.25, 0.3) is 11.5 Å². The van der Waals surface area contributed by atoms with Crippen molar-refractivity contribution in [2.45, 2.75) is 19.4 Å². The summed E-state index contributed by atoms with van der Waals surface area (Å²) < 4.78 is 16.9. The summed E-state index contributed by atoms with van der Waals surface area (Å²) in [4.78, 5) is 4.48. The minimum Gasteiger partial charge on any atom is -0.490 e. The van der Waals surface area contributed by atoms with Gasteiger partial charge < -0.3 is 19.3 Å². The monoisotopic (exact) mass is 389 g/mol. The van der Waals surface area contributed by atoms with Gasteiger partial charge in [-0.1, -0.05) is 35.5 Å². The minimum absolute atomic E-state index is 0. The van der Waals surface area contributed by atoms with Gasteiger partial charge in [0.25, 0.3) is 5.89 Å². The molecule has 1 aromatic heterocycles. The summed E-state index contributed by atoms with van der Waals surface area (Å²) in [6, 6.07) is 17.6. The van der Waals surface area contributed by atoms with Crippen molar-refractivity contribution in [2.24, 2.45) is 0 Å². The molecule has 3 aromatic rings. The Kier molecular flexibility index (Phi) is 8.10. The van der Waals surface area contributed by atoms with Crippen molar-refractivity contribution < 1.29 is 14.0 Å². The van der Waals surface area contributed by atoms with Crippen LogP contribution in [0.2, 0.25) is 0 Å². The van der Waals surface area contributed by atoms with Crippen molar-refractivity contribution in [3.63, 3.8) is 0 Å². The molecule has 7 heteroatoms. The highest BCUT2D eigenvalue weighted by atomic mass is 35.5. The Hall–Kier alpha value is -2.57. The lowest BCUT2D eigenvalue weighted by Crippen LogP contribution is -2.24. The molecule has 0 aliphatic rings. The van der Waals surface area contributed by atoms with E-state index in [2.05, 4.69) is 22.4 Å². The van der Waals surface area contributed by atoms with Gasteiger partial charge in [0.15, 0.2) is 5.82 Å². The Bertz CT molecular complexity index is 811. The Balaban J connectivity index is 0.00000261. The number of hydrogen-bond acceptors (Lipinski definition) is 6. The Labute approximate surface area is 165 Å². The number of para-hydroxylation sites is 2. The van der Waals surface area contributed by atoms with Gasteiger partial charge in [0.05, 0.1) is 5.56 Å². The van der Waals surface area contributed by atoms with Gasteiger partial charge in [0, 0.05) is 12.5 Å². The highest BCUT2D eigenvalue weighted by Gasteiger charge is 2.15. The third kappa shape index (κ3) is 5.98. The average molecular weight is 390 g/mol. The molecule has 2 aromatic carbocycles. The molecule has 144 valence electrons. The third-order valence-corrected chi connectivity index (χ3v) is 3.92. The van der Waals surface area contributed by atoms with Crippen molar-refractivity contribution in [2.75, 3.05) is 20.3 Å². The molecule has 0 radical (unpaired) electrons. The number of benzene rings is 2. The van der Waals surface area contributed by atoms with Crippen LogP contribution in [-0.4, -0.2) is 36.4 Å². The van der Waals surface area contributed by atoms with Crippen LogP contribution in [0.1, 0.15) is 12.7 Å². The molecule has 1 N–H and O–H groups in total. The van der Waals surface area contributed by atoms with Crippen LogP contribution in [0, 0.1) is 0 Å². The van der Waals surface area contributed by atoms with Crippen molar-refractivity contribution in [1.82, 2.24) is 15.5 Å². The molecular weight excluding hydrogens is 366 g/mol. The fourth-order valence-electron chi connectivity index (χ4n) is 2.42. The minimum atomic E-state index is 0. The molecule has 27 heavy (non-hydrogen) atoms. The lowest BCUT2D eigenvalue weighted by Gasteiger charge is -2.10. The normalized spacial score (nSPS) is 11.5. The Morgan fingerprint density at radius 3 is 2.48 bits per heavy atom. The number of rotatable bonds is 9. The predicted octanol–water partition coefficient (Wildman–Crippen LogP) is 3.77. The second-order valence-electron chi connectivity index (χ2n) is 5.92. The lowest BCUT2D eigenvalue weighted by atomic mass is 10.2. The van der Waals surface area contributed by atoms with E-state index in [4.69, 9.17) is 14.0 Å². The molecule has 1 atom stereocenters. The van der Waals surface area contributed by atoms with E-state index in [0.29, 0.717) is 37.1 Å². The van der Waals surface area contributed by atoms with Crippen molar-refractivity contribution in [3.8, 4) is 23.0 Å². The quantitative estimate of drug-likeness (QED) is 0.562. The lowest BCUT2D eigenvalue weighted by molar-refractivity contribution is 0.217. The van der Waals surface area contributed by atoms with Crippen LogP contribution in [0.15, 0.2) is 59.1 Å². The zero-order valence-corrected chi connectivity index (χ0v) is 16.2. The molecular formula is C20H24ClN3O3. The highest BCUT2D eigenvalue weighted by Crippen LogP contribution is 2.28. The maximum Gasteiger partial charge on any atom is 0.261 e. The van der Waals surface area contributed by atoms with Gasteiger partial charge in [-0.3, -0.25) is 0 Å². The largest absolute Gasteiger partial charge is 0.490 e. The summed E-state index contributed by atoms with van der Waals surface area (Å²) in [5, 5.41) is 7.21. The number of nitrogens with zero attached hydrogens (tertiary/aromatic N) is 2. The van der Waals surface area contributed by atoms with Gasteiger partial charge in [-0.2, -0.15) is 4.98 Å². The topological polar surface area (TPSA) is 69.4 Å². The first-order valence-electron chi connectivity index (χ1n) is 8.66. The molecule has 0 saturated heterocycles. The van der Waals surface area contributed by atoms with Crippen LogP contribution in [0.5, 0.6) is 11.5 Å². The van der Waals surface area contributed by atoms with E-state index >= 15 is 0 Å². The zero-order chi connectivity index (χ0) is 18.2. The van der Waals surface area contributed by atoms with E-state index < -0.39 is 0 Å². The van der Waals surface area contributed by atoms with Gasteiger partial charge in [0.1, 0.15) is 24.7 Å².